The number of fused-ring (bicyclic) bond motifs is 1. The molecule has 0 bridgehead atoms. The van der Waals surface area contributed by atoms with Crippen LogP contribution in [0.1, 0.15) is 27.0 Å². The summed E-state index contributed by atoms with van der Waals surface area (Å²) < 4.78 is 5.81. The van der Waals surface area contributed by atoms with E-state index < -0.39 is 0 Å². The SMILES string of the molecule is Cc1ccccc1/C=C1\Oc2c(ccc(O)c2CN(CC#N)CC#N)C1=O. The fourth-order valence-electron chi connectivity index (χ4n) is 2.93. The molecule has 6 nitrogen and oxygen atoms in total. The number of aromatic hydroxyl groups is 1. The average Bonchev–Trinajstić information content (AvgIpc) is 2.96. The van der Waals surface area contributed by atoms with Crippen molar-refractivity contribution in [2.75, 3.05) is 13.1 Å². The summed E-state index contributed by atoms with van der Waals surface area (Å²) in [5.74, 6) is 0.153. The number of rotatable bonds is 5. The van der Waals surface area contributed by atoms with Crippen LogP contribution in [0, 0.1) is 29.6 Å². The van der Waals surface area contributed by atoms with Crippen molar-refractivity contribution in [3.8, 4) is 23.6 Å². The molecule has 0 atom stereocenters. The summed E-state index contributed by atoms with van der Waals surface area (Å²) in [4.78, 5) is 14.3. The Morgan fingerprint density at radius 2 is 1.85 bits per heavy atom. The van der Waals surface area contributed by atoms with Crippen molar-refractivity contribution in [3.05, 3.63) is 64.4 Å². The lowest BCUT2D eigenvalue weighted by Crippen LogP contribution is -2.24. The molecule has 134 valence electrons. The number of allylic oxidation sites excluding steroid dienone is 1. The number of phenols is 1. The number of hydrogen-bond acceptors (Lipinski definition) is 6. The molecule has 0 aromatic heterocycles. The first-order chi connectivity index (χ1) is 13.0. The van der Waals surface area contributed by atoms with E-state index in [2.05, 4.69) is 0 Å². The van der Waals surface area contributed by atoms with Crippen LogP contribution >= 0.6 is 0 Å². The van der Waals surface area contributed by atoms with Gasteiger partial charge < -0.3 is 9.84 Å². The van der Waals surface area contributed by atoms with E-state index in [1.54, 1.807) is 11.0 Å². The molecule has 1 aliphatic heterocycles. The molecule has 2 aromatic carbocycles. The van der Waals surface area contributed by atoms with Gasteiger partial charge in [-0.15, -0.1) is 0 Å². The molecule has 0 aliphatic carbocycles. The minimum atomic E-state index is -0.262. The molecule has 27 heavy (non-hydrogen) atoms. The van der Waals surface area contributed by atoms with Gasteiger partial charge in [0.15, 0.2) is 5.76 Å². The Kier molecular flexibility index (Phi) is 5.21. The molecule has 6 heteroatoms. The third kappa shape index (κ3) is 3.67. The molecular formula is C21H17N3O3. The number of Topliss-reactive ketones (excluding diaryl/α,β-unsaturated/α-hetero) is 1. The van der Waals surface area contributed by atoms with E-state index >= 15 is 0 Å². The molecule has 2 aromatic rings. The minimum Gasteiger partial charge on any atom is -0.507 e. The standard InChI is InChI=1S/C21H17N3O3/c1-14-4-2-3-5-15(14)12-19-20(26)16-6-7-18(25)17(21(16)27-19)13-24(10-8-22)11-9-23/h2-7,12,25H,10-11,13H2,1H3/b19-12-. The van der Waals surface area contributed by atoms with Crippen molar-refractivity contribution in [1.29, 1.82) is 10.5 Å². The number of ketones is 1. The van der Waals surface area contributed by atoms with Crippen LogP contribution in [0.5, 0.6) is 11.5 Å². The summed E-state index contributed by atoms with van der Waals surface area (Å²) in [5, 5.41) is 28.1. The van der Waals surface area contributed by atoms with E-state index in [-0.39, 0.29) is 42.7 Å². The Labute approximate surface area is 157 Å². The van der Waals surface area contributed by atoms with Crippen molar-refractivity contribution >= 4 is 11.9 Å². The van der Waals surface area contributed by atoms with Crippen molar-refractivity contribution < 1.29 is 14.6 Å². The third-order valence-corrected chi connectivity index (χ3v) is 4.36. The largest absolute Gasteiger partial charge is 0.507 e. The molecule has 0 fully saturated rings. The maximum atomic E-state index is 12.7. The number of nitriles is 2. The van der Waals surface area contributed by atoms with Crippen molar-refractivity contribution in [2.45, 2.75) is 13.5 Å². The van der Waals surface area contributed by atoms with Gasteiger partial charge in [-0.25, -0.2) is 0 Å². The number of hydrogen-bond donors (Lipinski definition) is 1. The smallest absolute Gasteiger partial charge is 0.231 e. The predicted molar refractivity (Wildman–Crippen MR) is 98.7 cm³/mol. The van der Waals surface area contributed by atoms with Gasteiger partial charge in [0, 0.05) is 6.54 Å². The van der Waals surface area contributed by atoms with Crippen molar-refractivity contribution in [1.82, 2.24) is 4.90 Å². The van der Waals surface area contributed by atoms with Gasteiger partial charge in [-0.05, 0) is 36.3 Å². The molecule has 0 spiro atoms. The monoisotopic (exact) mass is 359 g/mol. The highest BCUT2D eigenvalue weighted by molar-refractivity contribution is 6.15. The number of aryl methyl sites for hydroxylation is 1. The molecule has 0 radical (unpaired) electrons. The fourth-order valence-corrected chi connectivity index (χ4v) is 2.93. The van der Waals surface area contributed by atoms with Gasteiger partial charge in [-0.2, -0.15) is 10.5 Å². The Balaban J connectivity index is 1.98. The first-order valence-electron chi connectivity index (χ1n) is 8.36. The summed E-state index contributed by atoms with van der Waals surface area (Å²) in [7, 11) is 0. The van der Waals surface area contributed by atoms with Gasteiger partial charge in [-0.3, -0.25) is 9.69 Å². The Hall–Kier alpha value is -3.61. The zero-order valence-corrected chi connectivity index (χ0v) is 14.8. The zero-order chi connectivity index (χ0) is 19.4. The Morgan fingerprint density at radius 3 is 2.52 bits per heavy atom. The lowest BCUT2D eigenvalue weighted by molar-refractivity contribution is 0.101. The van der Waals surface area contributed by atoms with Crippen LogP contribution in [-0.4, -0.2) is 28.9 Å². The fraction of sp³-hybridized carbons (Fsp3) is 0.190. The average molecular weight is 359 g/mol. The number of carbonyl (C=O) groups is 1. The number of benzene rings is 2. The Bertz CT molecular complexity index is 996. The molecule has 1 aliphatic rings. The zero-order valence-electron chi connectivity index (χ0n) is 14.8. The van der Waals surface area contributed by atoms with Crippen molar-refractivity contribution in [3.63, 3.8) is 0 Å². The molecule has 0 unspecified atom stereocenters. The highest BCUT2D eigenvalue weighted by atomic mass is 16.5. The van der Waals surface area contributed by atoms with E-state index in [9.17, 15) is 9.90 Å². The molecule has 0 saturated carbocycles. The normalized spacial score (nSPS) is 13.9. The third-order valence-electron chi connectivity index (χ3n) is 4.36. The van der Waals surface area contributed by atoms with Gasteiger partial charge in [-0.1, -0.05) is 24.3 Å². The second kappa shape index (κ2) is 7.74. The van der Waals surface area contributed by atoms with Gasteiger partial charge in [0.2, 0.25) is 5.78 Å². The molecule has 1 heterocycles. The minimum absolute atomic E-state index is 0.0243. The quantitative estimate of drug-likeness (QED) is 0.650. The maximum absolute atomic E-state index is 12.7. The first-order valence-corrected chi connectivity index (χ1v) is 8.36. The van der Waals surface area contributed by atoms with Gasteiger partial charge in [0.05, 0.1) is 36.4 Å². The highest BCUT2D eigenvalue weighted by Crippen LogP contribution is 2.40. The number of ether oxygens (including phenoxy) is 1. The number of phenolic OH excluding ortho intramolecular Hbond substituents is 1. The highest BCUT2D eigenvalue weighted by Gasteiger charge is 2.31. The van der Waals surface area contributed by atoms with Gasteiger partial charge >= 0.3 is 0 Å². The molecule has 3 rings (SSSR count). The topological polar surface area (TPSA) is 97.3 Å². The van der Waals surface area contributed by atoms with Crippen molar-refractivity contribution in [2.24, 2.45) is 0 Å². The molecular weight excluding hydrogens is 342 g/mol. The van der Waals surface area contributed by atoms with Crippen LogP contribution in [0.4, 0.5) is 0 Å². The summed E-state index contributed by atoms with van der Waals surface area (Å²) in [6, 6.07) is 14.6. The molecule has 0 saturated heterocycles. The number of carbonyl (C=O) groups excluding carboxylic acids is 1. The van der Waals surface area contributed by atoms with E-state index in [0.29, 0.717) is 11.1 Å². The van der Waals surface area contributed by atoms with Crippen LogP contribution in [0.15, 0.2) is 42.2 Å². The van der Waals surface area contributed by atoms with Gasteiger partial charge in [0.25, 0.3) is 0 Å². The van der Waals surface area contributed by atoms with E-state index in [0.717, 1.165) is 11.1 Å². The summed E-state index contributed by atoms with van der Waals surface area (Å²) in [6.45, 7) is 2.12. The van der Waals surface area contributed by atoms with E-state index in [4.69, 9.17) is 15.3 Å². The maximum Gasteiger partial charge on any atom is 0.231 e. The van der Waals surface area contributed by atoms with Crippen LogP contribution in [0.3, 0.4) is 0 Å². The second-order valence-electron chi connectivity index (χ2n) is 6.20. The summed E-state index contributed by atoms with van der Waals surface area (Å²) in [5.41, 5.74) is 2.63. The van der Waals surface area contributed by atoms with E-state index in [1.807, 2.05) is 43.3 Å². The summed E-state index contributed by atoms with van der Waals surface area (Å²) >= 11 is 0. The van der Waals surface area contributed by atoms with Crippen LogP contribution in [0.2, 0.25) is 0 Å². The van der Waals surface area contributed by atoms with E-state index in [1.165, 1.54) is 12.1 Å². The van der Waals surface area contributed by atoms with Crippen LogP contribution in [0.25, 0.3) is 6.08 Å². The lowest BCUT2D eigenvalue weighted by Gasteiger charge is -2.17. The molecule has 0 amide bonds. The molecule has 1 N–H and O–H groups in total. The Morgan fingerprint density at radius 1 is 1.15 bits per heavy atom. The second-order valence-corrected chi connectivity index (χ2v) is 6.20. The van der Waals surface area contributed by atoms with Crippen LogP contribution < -0.4 is 4.74 Å². The van der Waals surface area contributed by atoms with Gasteiger partial charge in [0.1, 0.15) is 11.5 Å². The predicted octanol–water partition coefficient (Wildman–Crippen LogP) is 3.17. The lowest BCUT2D eigenvalue weighted by atomic mass is 10.0. The van der Waals surface area contributed by atoms with Crippen LogP contribution in [-0.2, 0) is 6.54 Å². The number of nitrogens with zero attached hydrogens (tertiary/aromatic N) is 3. The summed E-state index contributed by atoms with van der Waals surface area (Å²) in [6.07, 6.45) is 1.68. The first kappa shape index (κ1) is 18.2.